The molecule has 1 fully saturated rings. The van der Waals surface area contributed by atoms with Gasteiger partial charge in [-0.1, -0.05) is 31.7 Å². The summed E-state index contributed by atoms with van der Waals surface area (Å²) in [6.45, 7) is 4.45. The van der Waals surface area contributed by atoms with Gasteiger partial charge in [-0.15, -0.1) is 0 Å². The second kappa shape index (κ2) is 8.89. The number of hydrogen-bond acceptors (Lipinski definition) is 3. The lowest BCUT2D eigenvalue weighted by molar-refractivity contribution is -0.135. The first-order valence-electron chi connectivity index (χ1n) is 8.50. The second-order valence-corrected chi connectivity index (χ2v) is 6.24. The number of carbonyl (C=O) groups is 1. The van der Waals surface area contributed by atoms with Gasteiger partial charge in [-0.3, -0.25) is 9.78 Å². The molecule has 1 aromatic rings. The Morgan fingerprint density at radius 2 is 2.05 bits per heavy atom. The van der Waals surface area contributed by atoms with Gasteiger partial charge in [0.25, 0.3) is 0 Å². The minimum atomic E-state index is -0.362. The Bertz CT molecular complexity index is 451. The molecule has 1 heterocycles. The molecule has 4 nitrogen and oxygen atoms in total. The van der Waals surface area contributed by atoms with Crippen molar-refractivity contribution in [3.63, 3.8) is 0 Å². The molecule has 1 saturated carbocycles. The summed E-state index contributed by atoms with van der Waals surface area (Å²) < 4.78 is 5.93. The molecule has 0 saturated heterocycles. The summed E-state index contributed by atoms with van der Waals surface area (Å²) in [6.07, 6.45) is 9.78. The molecule has 1 atom stereocenters. The zero-order chi connectivity index (χ0) is 15.8. The standard InChI is InChI=1S/C18H28N2O2/c1-14-9-10-16(13-20-14)11-12-19-18(21)15(2)22-17-7-5-3-4-6-8-17/h9-10,13,15,17H,3-8,11-12H2,1-2H3,(H,19,21)/t15-/m1/s1. The first-order valence-corrected chi connectivity index (χ1v) is 8.50. The van der Waals surface area contributed by atoms with Crippen molar-refractivity contribution in [2.24, 2.45) is 0 Å². The fourth-order valence-corrected chi connectivity index (χ4v) is 2.85. The average Bonchev–Trinajstić information content (AvgIpc) is 2.77. The maximum absolute atomic E-state index is 12.1. The van der Waals surface area contributed by atoms with Gasteiger partial charge >= 0.3 is 0 Å². The Morgan fingerprint density at radius 3 is 2.68 bits per heavy atom. The van der Waals surface area contributed by atoms with E-state index in [4.69, 9.17) is 4.74 Å². The molecule has 0 aliphatic heterocycles. The highest BCUT2D eigenvalue weighted by Gasteiger charge is 2.20. The summed E-state index contributed by atoms with van der Waals surface area (Å²) in [5.41, 5.74) is 2.15. The van der Waals surface area contributed by atoms with E-state index in [1.807, 2.05) is 26.1 Å². The van der Waals surface area contributed by atoms with Crippen LogP contribution in [0.3, 0.4) is 0 Å². The summed E-state index contributed by atoms with van der Waals surface area (Å²) in [4.78, 5) is 16.4. The van der Waals surface area contributed by atoms with Crippen LogP contribution in [-0.4, -0.2) is 29.6 Å². The third-order valence-electron chi connectivity index (χ3n) is 4.25. The molecule has 0 bridgehead atoms. The van der Waals surface area contributed by atoms with Crippen LogP contribution in [0, 0.1) is 6.92 Å². The molecule has 1 amide bonds. The molecule has 0 aromatic carbocycles. The predicted octanol–water partition coefficient (Wildman–Crippen LogP) is 3.18. The van der Waals surface area contributed by atoms with Crippen LogP contribution in [0.4, 0.5) is 0 Å². The maximum atomic E-state index is 12.1. The zero-order valence-electron chi connectivity index (χ0n) is 13.8. The third-order valence-corrected chi connectivity index (χ3v) is 4.25. The number of rotatable bonds is 6. The van der Waals surface area contributed by atoms with Crippen LogP contribution in [0.1, 0.15) is 56.7 Å². The van der Waals surface area contributed by atoms with E-state index in [0.717, 1.165) is 30.5 Å². The van der Waals surface area contributed by atoms with E-state index in [1.165, 1.54) is 25.7 Å². The second-order valence-electron chi connectivity index (χ2n) is 6.24. The number of hydrogen-bond donors (Lipinski definition) is 1. The van der Waals surface area contributed by atoms with Crippen molar-refractivity contribution in [2.45, 2.75) is 71.0 Å². The SMILES string of the molecule is Cc1ccc(CCNC(=O)[C@@H](C)OC2CCCCCC2)cn1. The van der Waals surface area contributed by atoms with Crippen molar-refractivity contribution in [1.29, 1.82) is 0 Å². The molecule has 0 spiro atoms. The van der Waals surface area contributed by atoms with E-state index in [2.05, 4.69) is 16.4 Å². The van der Waals surface area contributed by atoms with Gasteiger partial charge in [-0.2, -0.15) is 0 Å². The summed E-state index contributed by atoms with van der Waals surface area (Å²) in [6, 6.07) is 4.05. The van der Waals surface area contributed by atoms with E-state index in [1.54, 1.807) is 0 Å². The molecule has 0 radical (unpaired) electrons. The molecule has 2 rings (SSSR count). The first-order chi connectivity index (χ1) is 10.6. The Hall–Kier alpha value is -1.42. The smallest absolute Gasteiger partial charge is 0.248 e. The topological polar surface area (TPSA) is 51.2 Å². The monoisotopic (exact) mass is 304 g/mol. The molecule has 122 valence electrons. The third kappa shape index (κ3) is 5.76. The van der Waals surface area contributed by atoms with Crippen LogP contribution >= 0.6 is 0 Å². The highest BCUT2D eigenvalue weighted by atomic mass is 16.5. The highest BCUT2D eigenvalue weighted by Crippen LogP contribution is 2.20. The molecular weight excluding hydrogens is 276 g/mol. The van der Waals surface area contributed by atoms with Crippen molar-refractivity contribution in [3.8, 4) is 0 Å². The number of nitrogens with zero attached hydrogens (tertiary/aromatic N) is 1. The van der Waals surface area contributed by atoms with Crippen LogP contribution in [0.25, 0.3) is 0 Å². The van der Waals surface area contributed by atoms with Gasteiger partial charge < -0.3 is 10.1 Å². The van der Waals surface area contributed by atoms with E-state index >= 15 is 0 Å². The minimum Gasteiger partial charge on any atom is -0.365 e. The summed E-state index contributed by atoms with van der Waals surface area (Å²) in [5.74, 6) is -0.00989. The van der Waals surface area contributed by atoms with Crippen LogP contribution in [0.15, 0.2) is 18.3 Å². The van der Waals surface area contributed by atoms with Crippen molar-refractivity contribution < 1.29 is 9.53 Å². The zero-order valence-corrected chi connectivity index (χ0v) is 13.8. The van der Waals surface area contributed by atoms with Gasteiger partial charge in [0.15, 0.2) is 0 Å². The number of aryl methyl sites for hydroxylation is 1. The number of pyridine rings is 1. The number of amides is 1. The minimum absolute atomic E-state index is 0.00989. The number of ether oxygens (including phenoxy) is 1. The lowest BCUT2D eigenvalue weighted by atomic mass is 10.1. The van der Waals surface area contributed by atoms with E-state index < -0.39 is 0 Å². The van der Waals surface area contributed by atoms with Crippen LogP contribution in [0.2, 0.25) is 0 Å². The van der Waals surface area contributed by atoms with Crippen molar-refractivity contribution in [2.75, 3.05) is 6.54 Å². The van der Waals surface area contributed by atoms with Crippen molar-refractivity contribution >= 4 is 5.91 Å². The Morgan fingerprint density at radius 1 is 1.32 bits per heavy atom. The van der Waals surface area contributed by atoms with E-state index in [-0.39, 0.29) is 18.1 Å². The first kappa shape index (κ1) is 16.9. The highest BCUT2D eigenvalue weighted by molar-refractivity contribution is 5.80. The Balaban J connectivity index is 1.68. The lowest BCUT2D eigenvalue weighted by Gasteiger charge is -2.20. The maximum Gasteiger partial charge on any atom is 0.248 e. The lowest BCUT2D eigenvalue weighted by Crippen LogP contribution is -2.37. The molecular formula is C18H28N2O2. The van der Waals surface area contributed by atoms with Crippen molar-refractivity contribution in [1.82, 2.24) is 10.3 Å². The summed E-state index contributed by atoms with van der Waals surface area (Å²) in [7, 11) is 0. The molecule has 0 unspecified atom stereocenters. The fourth-order valence-electron chi connectivity index (χ4n) is 2.85. The largest absolute Gasteiger partial charge is 0.365 e. The Labute approximate surface area is 133 Å². The molecule has 1 aromatic heterocycles. The summed E-state index contributed by atoms with van der Waals surface area (Å²) in [5, 5.41) is 2.96. The van der Waals surface area contributed by atoms with Crippen LogP contribution < -0.4 is 5.32 Å². The number of aromatic nitrogens is 1. The fraction of sp³-hybridized carbons (Fsp3) is 0.667. The van der Waals surface area contributed by atoms with Gasteiger partial charge in [-0.25, -0.2) is 0 Å². The van der Waals surface area contributed by atoms with Crippen LogP contribution in [0.5, 0.6) is 0 Å². The van der Waals surface area contributed by atoms with Crippen LogP contribution in [-0.2, 0) is 16.0 Å². The average molecular weight is 304 g/mol. The van der Waals surface area contributed by atoms with Gasteiger partial charge in [0.2, 0.25) is 5.91 Å². The number of nitrogens with one attached hydrogen (secondary N) is 1. The van der Waals surface area contributed by atoms with Gasteiger partial charge in [0.1, 0.15) is 6.10 Å². The molecule has 1 aliphatic carbocycles. The van der Waals surface area contributed by atoms with E-state index in [0.29, 0.717) is 6.54 Å². The molecule has 1 aliphatic rings. The summed E-state index contributed by atoms with van der Waals surface area (Å²) >= 11 is 0. The number of carbonyl (C=O) groups excluding carboxylic acids is 1. The normalized spacial score (nSPS) is 17.7. The van der Waals surface area contributed by atoms with Gasteiger partial charge in [-0.05, 0) is 44.7 Å². The van der Waals surface area contributed by atoms with E-state index in [9.17, 15) is 4.79 Å². The molecule has 1 N–H and O–H groups in total. The molecule has 4 heteroatoms. The molecule has 22 heavy (non-hydrogen) atoms. The van der Waals surface area contributed by atoms with Gasteiger partial charge in [0, 0.05) is 18.4 Å². The van der Waals surface area contributed by atoms with Crippen molar-refractivity contribution in [3.05, 3.63) is 29.6 Å². The predicted molar refractivity (Wildman–Crippen MR) is 87.7 cm³/mol. The quantitative estimate of drug-likeness (QED) is 0.821. The van der Waals surface area contributed by atoms with Gasteiger partial charge in [0.05, 0.1) is 6.10 Å². The Kier molecular flexibility index (Phi) is 6.84.